The molecule has 0 aliphatic heterocycles. The zero-order valence-electron chi connectivity index (χ0n) is 14.1. The van der Waals surface area contributed by atoms with Crippen LogP contribution in [0.2, 0.25) is 0 Å². The van der Waals surface area contributed by atoms with Gasteiger partial charge in [-0.05, 0) is 47.0 Å². The van der Waals surface area contributed by atoms with Crippen LogP contribution in [0.4, 0.5) is 4.79 Å². The molecule has 0 bridgehead atoms. The number of carbonyl (C=O) groups is 1. The van der Waals surface area contributed by atoms with Gasteiger partial charge in [0.25, 0.3) is 0 Å². The Morgan fingerprint density at radius 3 is 2.33 bits per heavy atom. The van der Waals surface area contributed by atoms with E-state index in [4.69, 9.17) is 9.47 Å². The lowest BCUT2D eigenvalue weighted by molar-refractivity contribution is -0.0440. The maximum Gasteiger partial charge on any atom is 0.410 e. The van der Waals surface area contributed by atoms with Gasteiger partial charge in [-0.25, -0.2) is 4.79 Å². The van der Waals surface area contributed by atoms with Crippen LogP contribution in [0.3, 0.4) is 0 Å². The topological polar surface area (TPSA) is 38.8 Å². The summed E-state index contributed by atoms with van der Waals surface area (Å²) in [5, 5.41) is 0.698. The van der Waals surface area contributed by atoms with Gasteiger partial charge in [0.15, 0.2) is 0 Å². The Bertz CT molecular complexity index is 339. The Balaban J connectivity index is 2.50. The predicted octanol–water partition coefficient (Wildman–Crippen LogP) is 4.21. The standard InChI is InChI=1S/C16H30BrNO3/c1-6-18(14(19)21-15(2,3)4)12-16(5,11-17)20-10-9-13-7-8-13/h13H,6-12H2,1-5H3. The smallest absolute Gasteiger partial charge is 0.410 e. The van der Waals surface area contributed by atoms with E-state index in [1.165, 1.54) is 12.8 Å². The highest BCUT2D eigenvalue weighted by Crippen LogP contribution is 2.32. The Morgan fingerprint density at radius 2 is 1.90 bits per heavy atom. The number of alkyl halides is 1. The molecule has 1 atom stereocenters. The number of amides is 1. The lowest BCUT2D eigenvalue weighted by Gasteiger charge is -2.35. The van der Waals surface area contributed by atoms with Crippen LogP contribution < -0.4 is 0 Å². The van der Waals surface area contributed by atoms with Crippen LogP contribution in [-0.2, 0) is 9.47 Å². The summed E-state index contributed by atoms with van der Waals surface area (Å²) < 4.78 is 11.5. The van der Waals surface area contributed by atoms with E-state index in [2.05, 4.69) is 15.9 Å². The molecule has 1 saturated carbocycles. The van der Waals surface area contributed by atoms with E-state index < -0.39 is 5.60 Å². The van der Waals surface area contributed by atoms with Gasteiger partial charge in [-0.3, -0.25) is 0 Å². The molecular formula is C16H30BrNO3. The van der Waals surface area contributed by atoms with Crippen molar-refractivity contribution >= 4 is 22.0 Å². The van der Waals surface area contributed by atoms with Crippen molar-refractivity contribution in [3.05, 3.63) is 0 Å². The van der Waals surface area contributed by atoms with E-state index in [1.807, 2.05) is 34.6 Å². The van der Waals surface area contributed by atoms with Crippen LogP contribution in [0.1, 0.15) is 53.9 Å². The molecule has 0 spiro atoms. The van der Waals surface area contributed by atoms with Crippen LogP contribution in [-0.4, -0.2) is 47.2 Å². The minimum Gasteiger partial charge on any atom is -0.444 e. The van der Waals surface area contributed by atoms with Gasteiger partial charge in [0, 0.05) is 18.5 Å². The van der Waals surface area contributed by atoms with Crippen LogP contribution in [0, 0.1) is 5.92 Å². The van der Waals surface area contributed by atoms with Crippen LogP contribution in [0.25, 0.3) is 0 Å². The number of halogens is 1. The lowest BCUT2D eigenvalue weighted by atomic mass is 10.1. The van der Waals surface area contributed by atoms with E-state index in [0.717, 1.165) is 18.9 Å². The van der Waals surface area contributed by atoms with Crippen molar-refractivity contribution in [2.24, 2.45) is 5.92 Å². The third-order valence-electron chi connectivity index (χ3n) is 3.51. The summed E-state index contributed by atoms with van der Waals surface area (Å²) in [6.45, 7) is 11.6. The van der Waals surface area contributed by atoms with Gasteiger partial charge >= 0.3 is 6.09 Å². The largest absolute Gasteiger partial charge is 0.444 e. The molecule has 1 aliphatic carbocycles. The minimum absolute atomic E-state index is 0.275. The van der Waals surface area contributed by atoms with Gasteiger partial charge in [0.05, 0.1) is 12.1 Å². The fourth-order valence-electron chi connectivity index (χ4n) is 2.04. The highest BCUT2D eigenvalue weighted by Gasteiger charge is 2.31. The molecule has 1 aliphatic rings. The molecule has 1 unspecified atom stereocenters. The maximum atomic E-state index is 12.2. The molecule has 0 aromatic carbocycles. The first-order chi connectivity index (χ1) is 9.69. The first-order valence-corrected chi connectivity index (χ1v) is 8.99. The zero-order valence-corrected chi connectivity index (χ0v) is 15.7. The summed E-state index contributed by atoms with van der Waals surface area (Å²) >= 11 is 3.52. The lowest BCUT2D eigenvalue weighted by Crippen LogP contribution is -2.48. The van der Waals surface area contributed by atoms with E-state index in [1.54, 1.807) is 4.90 Å². The molecule has 124 valence electrons. The quantitative estimate of drug-likeness (QED) is 0.606. The monoisotopic (exact) mass is 363 g/mol. The van der Waals surface area contributed by atoms with E-state index in [0.29, 0.717) is 18.4 Å². The van der Waals surface area contributed by atoms with E-state index >= 15 is 0 Å². The van der Waals surface area contributed by atoms with Gasteiger partial charge in [-0.1, -0.05) is 28.8 Å². The average Bonchev–Trinajstić information content (AvgIpc) is 3.18. The molecule has 1 fully saturated rings. The molecule has 0 saturated heterocycles. The number of nitrogens with zero attached hydrogens (tertiary/aromatic N) is 1. The zero-order chi connectivity index (χ0) is 16.1. The highest BCUT2D eigenvalue weighted by atomic mass is 79.9. The van der Waals surface area contributed by atoms with Gasteiger partial charge < -0.3 is 14.4 Å². The first kappa shape index (κ1) is 18.8. The normalized spacial score (nSPS) is 18.2. The Labute approximate surface area is 137 Å². The van der Waals surface area contributed by atoms with E-state index in [9.17, 15) is 4.79 Å². The number of rotatable bonds is 8. The van der Waals surface area contributed by atoms with Gasteiger partial charge in [-0.2, -0.15) is 0 Å². The Hall–Kier alpha value is -0.290. The SMILES string of the molecule is CCN(CC(C)(CBr)OCCC1CC1)C(=O)OC(C)(C)C. The van der Waals surface area contributed by atoms with Crippen molar-refractivity contribution in [1.82, 2.24) is 4.90 Å². The Kier molecular flexibility index (Phi) is 6.98. The summed E-state index contributed by atoms with van der Waals surface area (Å²) in [6.07, 6.45) is 3.53. The molecule has 0 aromatic heterocycles. The van der Waals surface area contributed by atoms with Gasteiger partial charge in [-0.15, -0.1) is 0 Å². The summed E-state index contributed by atoms with van der Waals surface area (Å²) in [4.78, 5) is 13.9. The fourth-order valence-corrected chi connectivity index (χ4v) is 2.38. The number of hydrogen-bond acceptors (Lipinski definition) is 3. The average molecular weight is 364 g/mol. The van der Waals surface area contributed by atoms with E-state index in [-0.39, 0.29) is 11.7 Å². The van der Waals surface area contributed by atoms with Gasteiger partial charge in [0.1, 0.15) is 5.60 Å². The molecule has 1 rings (SSSR count). The first-order valence-electron chi connectivity index (χ1n) is 7.87. The summed E-state index contributed by atoms with van der Waals surface area (Å²) in [5.74, 6) is 0.859. The van der Waals surface area contributed by atoms with Crippen molar-refractivity contribution in [2.75, 3.05) is 25.0 Å². The van der Waals surface area contributed by atoms with Crippen molar-refractivity contribution < 1.29 is 14.3 Å². The van der Waals surface area contributed by atoms with Crippen LogP contribution in [0.15, 0.2) is 0 Å². The molecular weight excluding hydrogens is 334 g/mol. The van der Waals surface area contributed by atoms with Crippen molar-refractivity contribution in [1.29, 1.82) is 0 Å². The number of hydrogen-bond donors (Lipinski definition) is 0. The Morgan fingerprint density at radius 1 is 1.29 bits per heavy atom. The van der Waals surface area contributed by atoms with Crippen molar-refractivity contribution in [2.45, 2.75) is 65.1 Å². The van der Waals surface area contributed by atoms with Crippen LogP contribution >= 0.6 is 15.9 Å². The van der Waals surface area contributed by atoms with Crippen molar-refractivity contribution in [3.63, 3.8) is 0 Å². The molecule has 0 N–H and O–H groups in total. The second kappa shape index (κ2) is 7.82. The molecule has 5 heteroatoms. The second-order valence-electron chi connectivity index (χ2n) is 7.16. The molecule has 1 amide bonds. The van der Waals surface area contributed by atoms with Crippen LogP contribution in [0.5, 0.6) is 0 Å². The fraction of sp³-hybridized carbons (Fsp3) is 0.938. The highest BCUT2D eigenvalue weighted by molar-refractivity contribution is 9.09. The molecule has 0 aromatic rings. The van der Waals surface area contributed by atoms with Gasteiger partial charge in [0.2, 0.25) is 0 Å². The summed E-state index contributed by atoms with van der Waals surface area (Å²) in [6, 6.07) is 0. The molecule has 0 heterocycles. The second-order valence-corrected chi connectivity index (χ2v) is 7.72. The number of likely N-dealkylation sites (N-methyl/N-ethyl adjacent to an activating group) is 1. The molecule has 0 radical (unpaired) electrons. The van der Waals surface area contributed by atoms with Crippen molar-refractivity contribution in [3.8, 4) is 0 Å². The minimum atomic E-state index is -0.470. The molecule has 4 nitrogen and oxygen atoms in total. The maximum absolute atomic E-state index is 12.2. The third kappa shape index (κ3) is 7.50. The predicted molar refractivity (Wildman–Crippen MR) is 89.0 cm³/mol. The summed E-state index contributed by atoms with van der Waals surface area (Å²) in [7, 11) is 0. The number of ether oxygens (including phenoxy) is 2. The summed E-state index contributed by atoms with van der Waals surface area (Å²) in [5.41, 5.74) is -0.843. The third-order valence-corrected chi connectivity index (χ3v) is 4.70. The number of carbonyl (C=O) groups excluding carboxylic acids is 1. The molecule has 21 heavy (non-hydrogen) atoms.